The van der Waals surface area contributed by atoms with Gasteiger partial charge in [0.05, 0.1) is 19.8 Å². The standard InChI is InChI=1S/C14H27N3OS/c19-14(16-13-5-2-1-3-6-13)15-7-4-8-17-9-11-18-12-10-17/h13H,1-12H2,(H2,15,16,19)/p+1. The van der Waals surface area contributed by atoms with Crippen LogP contribution in [0.5, 0.6) is 0 Å². The number of ether oxygens (including phenoxy) is 1. The molecule has 2 rings (SSSR count). The summed E-state index contributed by atoms with van der Waals surface area (Å²) in [4.78, 5) is 1.67. The molecule has 2 fully saturated rings. The van der Waals surface area contributed by atoms with Gasteiger partial charge in [0.2, 0.25) is 0 Å². The summed E-state index contributed by atoms with van der Waals surface area (Å²) in [6, 6.07) is 0.610. The van der Waals surface area contributed by atoms with Crippen LogP contribution in [0.1, 0.15) is 38.5 Å². The van der Waals surface area contributed by atoms with Crippen molar-refractivity contribution >= 4 is 17.3 Å². The molecule has 1 aliphatic carbocycles. The SMILES string of the molecule is S=C(NCCC[NH+]1CCOCC1)NC1CCCCC1. The molecular weight excluding hydrogens is 258 g/mol. The van der Waals surface area contributed by atoms with Crippen LogP contribution in [0.15, 0.2) is 0 Å². The zero-order valence-corrected chi connectivity index (χ0v) is 12.7. The van der Waals surface area contributed by atoms with E-state index >= 15 is 0 Å². The smallest absolute Gasteiger partial charge is 0.166 e. The van der Waals surface area contributed by atoms with E-state index < -0.39 is 0 Å². The van der Waals surface area contributed by atoms with Crippen molar-refractivity contribution in [2.75, 3.05) is 39.4 Å². The molecule has 1 saturated heterocycles. The number of nitrogens with one attached hydrogen (secondary N) is 3. The summed E-state index contributed by atoms with van der Waals surface area (Å²) in [5.74, 6) is 0. The van der Waals surface area contributed by atoms with Gasteiger partial charge in [0.15, 0.2) is 5.11 Å². The average molecular weight is 286 g/mol. The molecule has 0 aromatic rings. The number of thiocarbonyl (C=S) groups is 1. The second-order valence-electron chi connectivity index (χ2n) is 5.70. The van der Waals surface area contributed by atoms with E-state index in [2.05, 4.69) is 10.6 Å². The van der Waals surface area contributed by atoms with Crippen LogP contribution in [0, 0.1) is 0 Å². The molecule has 0 bridgehead atoms. The third-order valence-corrected chi connectivity index (χ3v) is 4.40. The Morgan fingerprint density at radius 1 is 1.16 bits per heavy atom. The van der Waals surface area contributed by atoms with E-state index in [1.165, 1.54) is 45.1 Å². The van der Waals surface area contributed by atoms with Crippen molar-refractivity contribution in [1.29, 1.82) is 0 Å². The molecule has 0 unspecified atom stereocenters. The molecule has 0 spiro atoms. The highest BCUT2D eigenvalue weighted by atomic mass is 32.1. The summed E-state index contributed by atoms with van der Waals surface area (Å²) in [7, 11) is 0. The molecule has 1 saturated carbocycles. The number of hydrogen-bond donors (Lipinski definition) is 3. The molecule has 1 aliphatic heterocycles. The second kappa shape index (κ2) is 8.72. The summed E-state index contributed by atoms with van der Waals surface area (Å²) >= 11 is 5.36. The average Bonchev–Trinajstić information content (AvgIpc) is 2.46. The number of morpholine rings is 1. The first-order chi connectivity index (χ1) is 9.34. The lowest BCUT2D eigenvalue weighted by Crippen LogP contribution is -3.14. The summed E-state index contributed by atoms with van der Waals surface area (Å²) in [6.07, 6.45) is 7.82. The molecular formula is C14H28N3OS+. The highest BCUT2D eigenvalue weighted by molar-refractivity contribution is 7.80. The van der Waals surface area contributed by atoms with Crippen LogP contribution in [-0.2, 0) is 4.74 Å². The van der Waals surface area contributed by atoms with Crippen molar-refractivity contribution in [2.45, 2.75) is 44.6 Å². The van der Waals surface area contributed by atoms with E-state index in [1.807, 2.05) is 0 Å². The van der Waals surface area contributed by atoms with Crippen molar-refractivity contribution in [3.8, 4) is 0 Å². The minimum Gasteiger partial charge on any atom is -0.370 e. The summed E-state index contributed by atoms with van der Waals surface area (Å²) in [5, 5.41) is 7.65. The van der Waals surface area contributed by atoms with Gasteiger partial charge < -0.3 is 20.3 Å². The van der Waals surface area contributed by atoms with E-state index in [9.17, 15) is 0 Å². The summed E-state index contributed by atoms with van der Waals surface area (Å²) in [6.45, 7) is 6.37. The predicted octanol–water partition coefficient (Wildman–Crippen LogP) is 0.0884. The maximum absolute atomic E-state index is 5.36. The Bertz CT molecular complexity index is 263. The fourth-order valence-electron chi connectivity index (χ4n) is 2.93. The Morgan fingerprint density at radius 2 is 1.89 bits per heavy atom. The quantitative estimate of drug-likeness (QED) is 0.495. The van der Waals surface area contributed by atoms with E-state index in [1.54, 1.807) is 4.90 Å². The second-order valence-corrected chi connectivity index (χ2v) is 6.11. The fourth-order valence-corrected chi connectivity index (χ4v) is 3.20. The van der Waals surface area contributed by atoms with Crippen LogP contribution in [0.2, 0.25) is 0 Å². The molecule has 0 amide bonds. The van der Waals surface area contributed by atoms with Gasteiger partial charge in [0.1, 0.15) is 13.1 Å². The number of quaternary nitrogens is 1. The highest BCUT2D eigenvalue weighted by Crippen LogP contribution is 2.17. The van der Waals surface area contributed by atoms with Crippen molar-refractivity contribution in [2.24, 2.45) is 0 Å². The Morgan fingerprint density at radius 3 is 2.63 bits per heavy atom. The number of rotatable bonds is 5. The largest absolute Gasteiger partial charge is 0.370 e. The summed E-state index contributed by atoms with van der Waals surface area (Å²) < 4.78 is 5.36. The van der Waals surface area contributed by atoms with Gasteiger partial charge in [-0.3, -0.25) is 0 Å². The van der Waals surface area contributed by atoms with Crippen LogP contribution in [0.25, 0.3) is 0 Å². The molecule has 3 N–H and O–H groups in total. The minimum atomic E-state index is 0.610. The lowest BCUT2D eigenvalue weighted by molar-refractivity contribution is -0.908. The zero-order chi connectivity index (χ0) is 13.3. The topological polar surface area (TPSA) is 37.7 Å². The van der Waals surface area contributed by atoms with Gasteiger partial charge in [-0.05, 0) is 25.1 Å². The van der Waals surface area contributed by atoms with Crippen LogP contribution in [-0.4, -0.2) is 50.5 Å². The zero-order valence-electron chi connectivity index (χ0n) is 11.9. The van der Waals surface area contributed by atoms with Crippen LogP contribution < -0.4 is 15.5 Å². The van der Waals surface area contributed by atoms with Crippen LogP contribution >= 0.6 is 12.2 Å². The van der Waals surface area contributed by atoms with E-state index in [4.69, 9.17) is 17.0 Å². The molecule has 19 heavy (non-hydrogen) atoms. The van der Waals surface area contributed by atoms with Gasteiger partial charge in [-0.15, -0.1) is 0 Å². The van der Waals surface area contributed by atoms with Crippen LogP contribution in [0.4, 0.5) is 0 Å². The van der Waals surface area contributed by atoms with Crippen molar-refractivity contribution in [3.63, 3.8) is 0 Å². The van der Waals surface area contributed by atoms with Crippen LogP contribution in [0.3, 0.4) is 0 Å². The van der Waals surface area contributed by atoms with Gasteiger partial charge in [-0.25, -0.2) is 0 Å². The van der Waals surface area contributed by atoms with Gasteiger partial charge in [0.25, 0.3) is 0 Å². The molecule has 4 nitrogen and oxygen atoms in total. The maximum atomic E-state index is 5.36. The fraction of sp³-hybridized carbons (Fsp3) is 0.929. The predicted molar refractivity (Wildman–Crippen MR) is 81.6 cm³/mol. The molecule has 5 heteroatoms. The maximum Gasteiger partial charge on any atom is 0.166 e. The molecule has 110 valence electrons. The Balaban J connectivity index is 1.48. The normalized spacial score (nSPS) is 22.1. The molecule has 2 aliphatic rings. The monoisotopic (exact) mass is 286 g/mol. The Labute approximate surface area is 122 Å². The van der Waals surface area contributed by atoms with E-state index in [-0.39, 0.29) is 0 Å². The van der Waals surface area contributed by atoms with Crippen molar-refractivity contribution in [3.05, 3.63) is 0 Å². The first kappa shape index (κ1) is 15.0. The van der Waals surface area contributed by atoms with Crippen molar-refractivity contribution in [1.82, 2.24) is 10.6 Å². The Hall–Kier alpha value is -0.390. The first-order valence-electron chi connectivity index (χ1n) is 7.80. The van der Waals surface area contributed by atoms with Gasteiger partial charge in [0, 0.05) is 19.0 Å². The summed E-state index contributed by atoms with van der Waals surface area (Å²) in [5.41, 5.74) is 0. The third-order valence-electron chi connectivity index (χ3n) is 4.13. The number of hydrogen-bond acceptors (Lipinski definition) is 2. The van der Waals surface area contributed by atoms with Gasteiger partial charge in [-0.2, -0.15) is 0 Å². The highest BCUT2D eigenvalue weighted by Gasteiger charge is 2.14. The van der Waals surface area contributed by atoms with Gasteiger partial charge >= 0.3 is 0 Å². The minimum absolute atomic E-state index is 0.610. The third kappa shape index (κ3) is 6.06. The Kier molecular flexibility index (Phi) is 6.88. The van der Waals surface area contributed by atoms with E-state index in [0.29, 0.717) is 6.04 Å². The molecule has 1 heterocycles. The molecule has 0 aromatic carbocycles. The van der Waals surface area contributed by atoms with Crippen molar-refractivity contribution < 1.29 is 9.64 Å². The molecule has 0 atom stereocenters. The molecule has 0 radical (unpaired) electrons. The molecule has 0 aromatic heterocycles. The lowest BCUT2D eigenvalue weighted by Gasteiger charge is -2.25. The lowest BCUT2D eigenvalue weighted by atomic mass is 9.96. The van der Waals surface area contributed by atoms with Gasteiger partial charge in [-0.1, -0.05) is 19.3 Å². The first-order valence-corrected chi connectivity index (χ1v) is 8.21. The van der Waals surface area contributed by atoms with E-state index in [0.717, 1.165) is 38.0 Å².